The summed E-state index contributed by atoms with van der Waals surface area (Å²) in [6.45, 7) is 0. The molecule has 0 amide bonds. The molecule has 16 heavy (non-hydrogen) atoms. The normalized spacial score (nSPS) is 37.2. The summed E-state index contributed by atoms with van der Waals surface area (Å²) < 4.78 is 10.7. The zero-order chi connectivity index (χ0) is 11.1. The van der Waals surface area contributed by atoms with Gasteiger partial charge in [0.2, 0.25) is 0 Å². The number of hydrogen-bond acceptors (Lipinski definition) is 4. The third-order valence-corrected chi connectivity index (χ3v) is 3.10. The molecule has 2 aliphatic rings. The third-order valence-electron chi connectivity index (χ3n) is 3.10. The van der Waals surface area contributed by atoms with Gasteiger partial charge in [0.05, 0.1) is 6.42 Å². The summed E-state index contributed by atoms with van der Waals surface area (Å²) in [7, 11) is 0. The molecular weight excluding hydrogens is 208 g/mol. The van der Waals surface area contributed by atoms with Gasteiger partial charge in [0.15, 0.2) is 6.10 Å². The molecule has 3 rings (SSSR count). The lowest BCUT2D eigenvalue weighted by Crippen LogP contribution is -2.28. The molecule has 4 atom stereocenters. The van der Waals surface area contributed by atoms with Crippen LogP contribution in [0.4, 0.5) is 0 Å². The second kappa shape index (κ2) is 3.57. The van der Waals surface area contributed by atoms with Crippen LogP contribution < -0.4 is 0 Å². The van der Waals surface area contributed by atoms with Gasteiger partial charge in [-0.15, -0.1) is 0 Å². The SMILES string of the molecule is O=C1C[C@@H]2O[C@H](c3ccccc3)[C@@H](O)[C@H]2O1. The Kier molecular flexibility index (Phi) is 2.19. The molecule has 0 unspecified atom stereocenters. The number of fused-ring (bicyclic) bond motifs is 1. The lowest BCUT2D eigenvalue weighted by molar-refractivity contribution is -0.145. The molecule has 2 heterocycles. The predicted molar refractivity (Wildman–Crippen MR) is 54.6 cm³/mol. The standard InChI is InChI=1S/C12H12O4/c13-9-6-8-12(16-9)10(14)11(15-8)7-4-2-1-3-5-7/h1-5,8,10-12,14H,6H2/t8-,10+,11+,12-/m0/s1. The fraction of sp³-hybridized carbons (Fsp3) is 0.417. The Morgan fingerprint density at radius 1 is 1.25 bits per heavy atom. The minimum absolute atomic E-state index is 0.241. The van der Waals surface area contributed by atoms with E-state index in [0.29, 0.717) is 0 Å². The first kappa shape index (κ1) is 9.81. The van der Waals surface area contributed by atoms with Gasteiger partial charge in [-0.05, 0) is 5.56 Å². The highest BCUT2D eigenvalue weighted by Gasteiger charge is 2.51. The number of ether oxygens (including phenoxy) is 2. The second-order valence-corrected chi connectivity index (χ2v) is 4.16. The first-order valence-electron chi connectivity index (χ1n) is 5.33. The number of esters is 1. The summed E-state index contributed by atoms with van der Waals surface area (Å²) in [5, 5.41) is 10.0. The summed E-state index contributed by atoms with van der Waals surface area (Å²) in [5.74, 6) is -0.291. The quantitative estimate of drug-likeness (QED) is 0.711. The molecule has 2 aliphatic heterocycles. The Bertz CT molecular complexity index is 403. The Hall–Kier alpha value is -1.39. The smallest absolute Gasteiger partial charge is 0.309 e. The van der Waals surface area contributed by atoms with Crippen molar-refractivity contribution in [2.75, 3.05) is 0 Å². The van der Waals surface area contributed by atoms with Crippen molar-refractivity contribution in [1.82, 2.24) is 0 Å². The molecule has 84 valence electrons. The van der Waals surface area contributed by atoms with Crippen LogP contribution in [0.25, 0.3) is 0 Å². The molecule has 0 radical (unpaired) electrons. The van der Waals surface area contributed by atoms with E-state index < -0.39 is 12.2 Å². The van der Waals surface area contributed by atoms with Gasteiger partial charge in [-0.2, -0.15) is 0 Å². The maximum absolute atomic E-state index is 11.0. The molecule has 0 saturated carbocycles. The van der Waals surface area contributed by atoms with Crippen molar-refractivity contribution in [3.8, 4) is 0 Å². The highest BCUT2D eigenvalue weighted by molar-refractivity contribution is 5.73. The maximum atomic E-state index is 11.0. The van der Waals surface area contributed by atoms with Gasteiger partial charge < -0.3 is 14.6 Å². The van der Waals surface area contributed by atoms with Gasteiger partial charge >= 0.3 is 5.97 Å². The largest absolute Gasteiger partial charge is 0.457 e. The molecule has 1 aromatic carbocycles. The number of benzene rings is 1. The van der Waals surface area contributed by atoms with E-state index in [2.05, 4.69) is 0 Å². The molecule has 1 N–H and O–H groups in total. The van der Waals surface area contributed by atoms with E-state index in [1.807, 2.05) is 30.3 Å². The molecule has 0 spiro atoms. The maximum Gasteiger partial charge on any atom is 0.309 e. The van der Waals surface area contributed by atoms with Crippen LogP contribution >= 0.6 is 0 Å². The van der Waals surface area contributed by atoms with E-state index in [1.54, 1.807) is 0 Å². The van der Waals surface area contributed by atoms with Gasteiger partial charge in [-0.1, -0.05) is 30.3 Å². The molecule has 4 heteroatoms. The topological polar surface area (TPSA) is 55.8 Å². The second-order valence-electron chi connectivity index (χ2n) is 4.16. The number of aliphatic hydroxyl groups excluding tert-OH is 1. The van der Waals surface area contributed by atoms with Crippen LogP contribution in [0.5, 0.6) is 0 Å². The molecule has 1 aromatic rings. The summed E-state index contributed by atoms with van der Waals surface area (Å²) in [6, 6.07) is 9.50. The van der Waals surface area contributed by atoms with Gasteiger partial charge in [-0.25, -0.2) is 0 Å². The van der Waals surface area contributed by atoms with Crippen molar-refractivity contribution < 1.29 is 19.4 Å². The van der Waals surface area contributed by atoms with Crippen LogP contribution in [0.2, 0.25) is 0 Å². The van der Waals surface area contributed by atoms with E-state index in [1.165, 1.54) is 0 Å². The molecule has 4 nitrogen and oxygen atoms in total. The van der Waals surface area contributed by atoms with Crippen LogP contribution in [-0.2, 0) is 14.3 Å². The number of aliphatic hydroxyl groups is 1. The number of carbonyl (C=O) groups is 1. The lowest BCUT2D eigenvalue weighted by Gasteiger charge is -2.16. The highest BCUT2D eigenvalue weighted by Crippen LogP contribution is 2.39. The summed E-state index contributed by atoms with van der Waals surface area (Å²) in [5.41, 5.74) is 0.917. The number of hydrogen-bond donors (Lipinski definition) is 1. The third kappa shape index (κ3) is 1.42. The van der Waals surface area contributed by atoms with Crippen molar-refractivity contribution in [2.24, 2.45) is 0 Å². The fourth-order valence-electron chi connectivity index (χ4n) is 2.33. The van der Waals surface area contributed by atoms with Crippen molar-refractivity contribution in [3.05, 3.63) is 35.9 Å². The first-order valence-corrected chi connectivity index (χ1v) is 5.33. The molecule has 0 aliphatic carbocycles. The van der Waals surface area contributed by atoms with Crippen LogP contribution in [0, 0.1) is 0 Å². The van der Waals surface area contributed by atoms with Crippen LogP contribution in [0.1, 0.15) is 18.1 Å². The average molecular weight is 220 g/mol. The molecule has 2 saturated heterocycles. The van der Waals surface area contributed by atoms with Crippen LogP contribution in [0.3, 0.4) is 0 Å². The van der Waals surface area contributed by atoms with Gasteiger partial charge in [0.1, 0.15) is 18.3 Å². The summed E-state index contributed by atoms with van der Waals surface area (Å²) in [6.07, 6.45) is -1.71. The summed E-state index contributed by atoms with van der Waals surface area (Å²) in [4.78, 5) is 11.0. The fourth-order valence-corrected chi connectivity index (χ4v) is 2.33. The molecule has 0 aromatic heterocycles. The van der Waals surface area contributed by atoms with Crippen molar-refractivity contribution in [3.63, 3.8) is 0 Å². The van der Waals surface area contributed by atoms with Crippen molar-refractivity contribution in [2.45, 2.75) is 30.8 Å². The van der Waals surface area contributed by atoms with Gasteiger partial charge in [0.25, 0.3) is 0 Å². The van der Waals surface area contributed by atoms with E-state index in [4.69, 9.17) is 9.47 Å². The Morgan fingerprint density at radius 2 is 2.00 bits per heavy atom. The lowest BCUT2D eigenvalue weighted by atomic mass is 10.0. The molecule has 2 fully saturated rings. The van der Waals surface area contributed by atoms with E-state index >= 15 is 0 Å². The van der Waals surface area contributed by atoms with Gasteiger partial charge in [-0.3, -0.25) is 4.79 Å². The zero-order valence-corrected chi connectivity index (χ0v) is 8.58. The monoisotopic (exact) mass is 220 g/mol. The van der Waals surface area contributed by atoms with Crippen molar-refractivity contribution >= 4 is 5.97 Å². The Morgan fingerprint density at radius 3 is 2.69 bits per heavy atom. The number of carbonyl (C=O) groups excluding carboxylic acids is 1. The minimum Gasteiger partial charge on any atom is -0.457 e. The van der Waals surface area contributed by atoms with Crippen molar-refractivity contribution in [1.29, 1.82) is 0 Å². The predicted octanol–water partition coefficient (Wildman–Crippen LogP) is 0.803. The summed E-state index contributed by atoms with van der Waals surface area (Å²) >= 11 is 0. The zero-order valence-electron chi connectivity index (χ0n) is 8.58. The Labute approximate surface area is 92.8 Å². The first-order chi connectivity index (χ1) is 7.75. The molecular formula is C12H12O4. The van der Waals surface area contributed by atoms with Gasteiger partial charge in [0, 0.05) is 0 Å². The van der Waals surface area contributed by atoms with Crippen LogP contribution in [-0.4, -0.2) is 29.4 Å². The minimum atomic E-state index is -0.765. The van der Waals surface area contributed by atoms with E-state index in [9.17, 15) is 9.90 Å². The van der Waals surface area contributed by atoms with Crippen LogP contribution in [0.15, 0.2) is 30.3 Å². The number of rotatable bonds is 1. The Balaban J connectivity index is 1.84. The van der Waals surface area contributed by atoms with E-state index in [-0.39, 0.29) is 24.6 Å². The average Bonchev–Trinajstić information content (AvgIpc) is 2.79. The van der Waals surface area contributed by atoms with E-state index in [0.717, 1.165) is 5.56 Å². The highest BCUT2D eigenvalue weighted by atomic mass is 16.6. The molecule has 0 bridgehead atoms.